The van der Waals surface area contributed by atoms with E-state index in [0.717, 1.165) is 23.6 Å². The molecule has 1 amide bonds. The predicted molar refractivity (Wildman–Crippen MR) is 117 cm³/mol. The number of carbonyl (C=O) groups is 1. The summed E-state index contributed by atoms with van der Waals surface area (Å²) in [6.07, 6.45) is 2.98. The minimum absolute atomic E-state index is 0.0802. The zero-order valence-corrected chi connectivity index (χ0v) is 18.8. The molecule has 0 atom stereocenters. The van der Waals surface area contributed by atoms with Crippen molar-refractivity contribution in [2.75, 3.05) is 33.8 Å². The number of nitrogens with zero attached hydrogens (tertiary/aromatic N) is 2. The molecule has 0 aromatic heterocycles. The minimum Gasteiger partial charge on any atom is -0.482 e. The lowest BCUT2D eigenvalue weighted by Gasteiger charge is -2.32. The third-order valence-electron chi connectivity index (χ3n) is 5.37. The van der Waals surface area contributed by atoms with E-state index in [9.17, 15) is 13.2 Å². The first-order valence-corrected chi connectivity index (χ1v) is 11.8. The van der Waals surface area contributed by atoms with Crippen LogP contribution in [0.3, 0.4) is 0 Å². The normalized spacial score (nSPS) is 15.4. The van der Waals surface area contributed by atoms with Crippen molar-refractivity contribution in [2.24, 2.45) is 5.92 Å². The van der Waals surface area contributed by atoms with Crippen molar-refractivity contribution in [1.82, 2.24) is 9.21 Å². The number of ether oxygens (including phenoxy) is 1. The first-order chi connectivity index (χ1) is 14.3. The Kier molecular flexibility index (Phi) is 7.39. The van der Waals surface area contributed by atoms with Crippen LogP contribution in [0.2, 0.25) is 5.02 Å². The average molecular weight is 451 g/mol. The second-order valence-corrected chi connectivity index (χ2v) is 10.2. The zero-order chi connectivity index (χ0) is 21.7. The SMILES string of the molecule is CN(C)S(=O)(=O)c1ccc(OCC(=O)N2CCC(Cc3ccccc3)CC2)c(Cl)c1. The smallest absolute Gasteiger partial charge is 0.260 e. The van der Waals surface area contributed by atoms with Gasteiger partial charge in [-0.15, -0.1) is 0 Å². The van der Waals surface area contributed by atoms with Crippen molar-refractivity contribution in [2.45, 2.75) is 24.2 Å². The number of sulfonamides is 1. The van der Waals surface area contributed by atoms with Crippen LogP contribution in [-0.2, 0) is 21.2 Å². The number of rotatable bonds is 7. The molecule has 1 aliphatic rings. The summed E-state index contributed by atoms with van der Waals surface area (Å²) in [5.74, 6) is 0.786. The van der Waals surface area contributed by atoms with Gasteiger partial charge in [-0.25, -0.2) is 12.7 Å². The molecule has 0 spiro atoms. The van der Waals surface area contributed by atoms with Gasteiger partial charge in [0, 0.05) is 27.2 Å². The lowest BCUT2D eigenvalue weighted by Crippen LogP contribution is -2.41. The Morgan fingerprint density at radius 3 is 2.40 bits per heavy atom. The molecule has 2 aromatic rings. The van der Waals surface area contributed by atoms with E-state index >= 15 is 0 Å². The molecule has 0 radical (unpaired) electrons. The Balaban J connectivity index is 1.50. The monoisotopic (exact) mass is 450 g/mol. The van der Waals surface area contributed by atoms with Crippen LogP contribution >= 0.6 is 11.6 Å². The Bertz CT molecular complexity index is 972. The molecule has 1 saturated heterocycles. The number of likely N-dealkylation sites (tertiary alicyclic amines) is 1. The predicted octanol–water partition coefficient (Wildman–Crippen LogP) is 3.45. The number of hydrogen-bond donors (Lipinski definition) is 0. The third-order valence-corrected chi connectivity index (χ3v) is 7.47. The molecular formula is C22H27ClN2O4S. The molecular weight excluding hydrogens is 424 g/mol. The molecule has 0 saturated carbocycles. The number of carbonyl (C=O) groups excluding carboxylic acids is 1. The quantitative estimate of drug-likeness (QED) is 0.648. The van der Waals surface area contributed by atoms with E-state index in [1.54, 1.807) is 0 Å². The van der Waals surface area contributed by atoms with Crippen molar-refractivity contribution in [3.05, 3.63) is 59.1 Å². The summed E-state index contributed by atoms with van der Waals surface area (Å²) in [6.45, 7) is 1.31. The van der Waals surface area contributed by atoms with Crippen LogP contribution in [0.15, 0.2) is 53.4 Å². The lowest BCUT2D eigenvalue weighted by atomic mass is 9.90. The summed E-state index contributed by atoms with van der Waals surface area (Å²) < 4.78 is 31.0. The summed E-state index contributed by atoms with van der Waals surface area (Å²) in [4.78, 5) is 14.4. The molecule has 0 N–H and O–H groups in total. The second-order valence-electron chi connectivity index (χ2n) is 7.68. The fourth-order valence-electron chi connectivity index (χ4n) is 3.53. The maximum Gasteiger partial charge on any atom is 0.260 e. The van der Waals surface area contributed by atoms with Gasteiger partial charge in [-0.2, -0.15) is 0 Å². The molecule has 1 fully saturated rings. The summed E-state index contributed by atoms with van der Waals surface area (Å²) in [5.41, 5.74) is 1.33. The van der Waals surface area contributed by atoms with Gasteiger partial charge in [0.25, 0.3) is 5.91 Å². The van der Waals surface area contributed by atoms with Gasteiger partial charge in [-0.3, -0.25) is 4.79 Å². The third kappa shape index (κ3) is 5.53. The van der Waals surface area contributed by atoms with Crippen molar-refractivity contribution >= 4 is 27.5 Å². The van der Waals surface area contributed by atoms with Gasteiger partial charge in [0.15, 0.2) is 6.61 Å². The molecule has 0 aliphatic carbocycles. The van der Waals surface area contributed by atoms with Crippen molar-refractivity contribution in [3.63, 3.8) is 0 Å². The molecule has 30 heavy (non-hydrogen) atoms. The van der Waals surface area contributed by atoms with Gasteiger partial charge in [-0.1, -0.05) is 41.9 Å². The van der Waals surface area contributed by atoms with E-state index in [4.69, 9.17) is 16.3 Å². The molecule has 0 unspecified atom stereocenters. The molecule has 3 rings (SSSR count). The molecule has 1 heterocycles. The Morgan fingerprint density at radius 1 is 1.13 bits per heavy atom. The van der Waals surface area contributed by atoms with E-state index in [2.05, 4.69) is 24.3 Å². The number of benzene rings is 2. The van der Waals surface area contributed by atoms with Crippen molar-refractivity contribution in [3.8, 4) is 5.75 Å². The Morgan fingerprint density at radius 2 is 1.80 bits per heavy atom. The second kappa shape index (κ2) is 9.81. The van der Waals surface area contributed by atoms with Crippen molar-refractivity contribution < 1.29 is 17.9 Å². The summed E-state index contributed by atoms with van der Waals surface area (Å²) in [5, 5.41) is 0.160. The summed E-state index contributed by atoms with van der Waals surface area (Å²) in [6, 6.07) is 14.7. The number of amides is 1. The van der Waals surface area contributed by atoms with Crippen molar-refractivity contribution in [1.29, 1.82) is 0 Å². The number of piperidine rings is 1. The fourth-order valence-corrected chi connectivity index (χ4v) is 4.76. The fraction of sp³-hybridized carbons (Fsp3) is 0.409. The van der Waals surface area contributed by atoms with Crippen LogP contribution < -0.4 is 4.74 Å². The Hall–Kier alpha value is -2.09. The largest absolute Gasteiger partial charge is 0.482 e. The average Bonchev–Trinajstić information content (AvgIpc) is 2.73. The van der Waals surface area contributed by atoms with Crippen LogP contribution in [0.25, 0.3) is 0 Å². The van der Waals surface area contributed by atoms with E-state index < -0.39 is 10.0 Å². The summed E-state index contributed by atoms with van der Waals surface area (Å²) in [7, 11) is -0.667. The molecule has 6 nitrogen and oxygen atoms in total. The van der Waals surface area contributed by atoms with Gasteiger partial charge >= 0.3 is 0 Å². The topological polar surface area (TPSA) is 66.9 Å². The highest BCUT2D eigenvalue weighted by Gasteiger charge is 2.24. The van der Waals surface area contributed by atoms with Crippen LogP contribution in [0.4, 0.5) is 0 Å². The van der Waals surface area contributed by atoms with Crippen LogP contribution in [0, 0.1) is 5.92 Å². The highest BCUT2D eigenvalue weighted by molar-refractivity contribution is 7.89. The van der Waals surface area contributed by atoms with Crippen LogP contribution in [-0.4, -0.2) is 57.3 Å². The van der Waals surface area contributed by atoms with E-state index in [1.165, 1.54) is 37.9 Å². The summed E-state index contributed by atoms with van der Waals surface area (Å²) >= 11 is 6.17. The maximum absolute atomic E-state index is 12.5. The molecule has 0 bridgehead atoms. The van der Waals surface area contributed by atoms with Crippen LogP contribution in [0.1, 0.15) is 18.4 Å². The van der Waals surface area contributed by atoms with Gasteiger partial charge < -0.3 is 9.64 Å². The minimum atomic E-state index is -3.57. The van der Waals surface area contributed by atoms with Gasteiger partial charge in [0.05, 0.1) is 9.92 Å². The van der Waals surface area contributed by atoms with E-state index in [1.807, 2.05) is 11.0 Å². The van der Waals surface area contributed by atoms with E-state index in [-0.39, 0.29) is 22.4 Å². The molecule has 162 valence electrons. The van der Waals surface area contributed by atoms with Gasteiger partial charge in [-0.05, 0) is 48.9 Å². The first-order valence-electron chi connectivity index (χ1n) is 9.94. The molecule has 8 heteroatoms. The van der Waals surface area contributed by atoms with Crippen LogP contribution in [0.5, 0.6) is 5.75 Å². The number of halogens is 1. The van der Waals surface area contributed by atoms with E-state index in [0.29, 0.717) is 24.8 Å². The Labute approximate surface area is 183 Å². The maximum atomic E-state index is 12.5. The highest BCUT2D eigenvalue weighted by atomic mass is 35.5. The standard InChI is InChI=1S/C22H27ClN2O4S/c1-24(2)30(27,28)19-8-9-21(20(23)15-19)29-16-22(26)25-12-10-18(11-13-25)14-17-6-4-3-5-7-17/h3-9,15,18H,10-14,16H2,1-2H3. The highest BCUT2D eigenvalue weighted by Crippen LogP contribution is 2.28. The van der Waals surface area contributed by atoms with Gasteiger partial charge in [0.2, 0.25) is 10.0 Å². The first kappa shape index (κ1) is 22.6. The number of hydrogen-bond acceptors (Lipinski definition) is 4. The van der Waals surface area contributed by atoms with Gasteiger partial charge in [0.1, 0.15) is 5.75 Å². The molecule has 1 aliphatic heterocycles. The lowest BCUT2D eigenvalue weighted by molar-refractivity contribution is -0.134. The molecule has 2 aromatic carbocycles. The zero-order valence-electron chi connectivity index (χ0n) is 17.3.